The zero-order chi connectivity index (χ0) is 53.5. The SMILES string of the molecule is CC(CN(C)C)CN1c2ccccc2Sc2ccccc21.O=C(CC[N+](=O)[O-])OCC1OC(O)C(OC(=O)CC[N+](=O)[O-])C(OC(=O)CC[N+](=O)[O-])C1OC(=O)CC[N+](=O)[O-].O=C(O)C(O)C(O)C(=O)O. The Morgan fingerprint density at radius 3 is 1.44 bits per heavy atom. The van der Waals surface area contributed by atoms with Crippen molar-refractivity contribution in [2.24, 2.45) is 5.92 Å². The first-order chi connectivity index (χ1) is 33.3. The molecule has 392 valence electrons. The number of carboxylic acid groups (broad SMARTS) is 2. The highest BCUT2D eigenvalue weighted by atomic mass is 32.2. The molecule has 8 atom stereocenters. The Morgan fingerprint density at radius 1 is 0.662 bits per heavy atom. The van der Waals surface area contributed by atoms with Crippen molar-refractivity contribution in [3.63, 3.8) is 0 Å². The molecule has 2 aliphatic heterocycles. The number of carbonyl (C=O) groups excluding carboxylic acids is 4. The van der Waals surface area contributed by atoms with Crippen molar-refractivity contribution in [2.45, 2.75) is 85.3 Å². The molecule has 0 bridgehead atoms. The number of fused-ring (bicyclic) bond motifs is 2. The molecule has 2 aromatic carbocycles. The van der Waals surface area contributed by atoms with Crippen LogP contribution in [0.15, 0.2) is 58.3 Å². The van der Waals surface area contributed by atoms with Crippen LogP contribution in [0.25, 0.3) is 0 Å². The number of aliphatic hydroxyl groups is 3. The summed E-state index contributed by atoms with van der Waals surface area (Å²) in [5, 5.41) is 85.2. The van der Waals surface area contributed by atoms with Crippen molar-refractivity contribution in [2.75, 3.05) is 64.9 Å². The molecule has 31 heteroatoms. The van der Waals surface area contributed by atoms with Crippen LogP contribution in [0.5, 0.6) is 0 Å². The maximum atomic E-state index is 12.3. The van der Waals surface area contributed by atoms with E-state index in [4.69, 9.17) is 44.1 Å². The zero-order valence-electron chi connectivity index (χ0n) is 38.1. The molecule has 0 saturated carbocycles. The molecule has 0 aliphatic carbocycles. The molecule has 4 rings (SSSR count). The summed E-state index contributed by atoms with van der Waals surface area (Å²) in [6, 6.07) is 17.4. The number of carboxylic acids is 2. The largest absolute Gasteiger partial charge is 0.479 e. The minimum atomic E-state index is -2.27. The number of aliphatic hydroxyl groups excluding tert-OH is 3. The number of para-hydroxylation sites is 2. The Morgan fingerprint density at radius 2 is 1.04 bits per heavy atom. The maximum absolute atomic E-state index is 12.3. The van der Waals surface area contributed by atoms with Gasteiger partial charge in [-0.15, -0.1) is 0 Å². The van der Waals surface area contributed by atoms with E-state index in [1.165, 1.54) is 21.2 Å². The van der Waals surface area contributed by atoms with Crippen LogP contribution in [0.4, 0.5) is 11.4 Å². The molecular formula is C40H52N6O24S. The molecule has 0 amide bonds. The lowest BCUT2D eigenvalue weighted by atomic mass is 9.98. The van der Waals surface area contributed by atoms with Gasteiger partial charge < -0.3 is 59.0 Å². The second-order valence-corrected chi connectivity index (χ2v) is 16.5. The van der Waals surface area contributed by atoms with E-state index in [9.17, 15) is 74.3 Å². The third-order valence-corrected chi connectivity index (χ3v) is 10.5. The van der Waals surface area contributed by atoms with Crippen LogP contribution < -0.4 is 4.90 Å². The van der Waals surface area contributed by atoms with E-state index in [0.29, 0.717) is 5.92 Å². The van der Waals surface area contributed by atoms with Gasteiger partial charge in [0.25, 0.3) is 0 Å². The Balaban J connectivity index is 0.000000455. The number of aliphatic carboxylic acids is 2. The van der Waals surface area contributed by atoms with E-state index < -0.39 is 157 Å². The van der Waals surface area contributed by atoms with Crippen LogP contribution in [0.1, 0.15) is 32.6 Å². The predicted octanol–water partition coefficient (Wildman–Crippen LogP) is 0.0138. The average molecular weight is 1030 g/mol. The second-order valence-electron chi connectivity index (χ2n) is 15.4. The highest BCUT2D eigenvalue weighted by Gasteiger charge is 2.52. The third kappa shape index (κ3) is 21.6. The lowest BCUT2D eigenvalue weighted by molar-refractivity contribution is -0.479. The number of ether oxygens (including phenoxy) is 5. The Kier molecular flexibility index (Phi) is 25.1. The summed E-state index contributed by atoms with van der Waals surface area (Å²) in [5.41, 5.74) is 2.68. The van der Waals surface area contributed by atoms with E-state index in [1.807, 2.05) is 11.8 Å². The van der Waals surface area contributed by atoms with Gasteiger partial charge in [0, 0.05) is 42.6 Å². The van der Waals surface area contributed by atoms with Crippen molar-refractivity contribution >= 4 is 59.0 Å². The zero-order valence-corrected chi connectivity index (χ0v) is 38.9. The van der Waals surface area contributed by atoms with E-state index >= 15 is 0 Å². The summed E-state index contributed by atoms with van der Waals surface area (Å²) in [6.07, 6.45) is -17.7. The minimum absolute atomic E-state index is 0.615. The quantitative estimate of drug-likeness (QED) is 0.0400. The first-order valence-corrected chi connectivity index (χ1v) is 21.8. The highest BCUT2D eigenvalue weighted by molar-refractivity contribution is 7.99. The molecule has 30 nitrogen and oxygen atoms in total. The summed E-state index contributed by atoms with van der Waals surface area (Å²) in [5.74, 6) is -7.99. The highest BCUT2D eigenvalue weighted by Crippen LogP contribution is 2.48. The number of carbonyl (C=O) groups is 6. The minimum Gasteiger partial charge on any atom is -0.479 e. The number of nitro groups is 4. The van der Waals surface area contributed by atoms with Crippen LogP contribution in [-0.4, -0.2) is 189 Å². The van der Waals surface area contributed by atoms with Crippen molar-refractivity contribution < 1.29 is 97.7 Å². The van der Waals surface area contributed by atoms with Gasteiger partial charge in [-0.05, 0) is 44.3 Å². The molecule has 1 fully saturated rings. The van der Waals surface area contributed by atoms with Crippen molar-refractivity contribution in [3.8, 4) is 0 Å². The molecule has 0 spiro atoms. The summed E-state index contributed by atoms with van der Waals surface area (Å²) < 4.78 is 25.1. The molecule has 1 saturated heterocycles. The van der Waals surface area contributed by atoms with Gasteiger partial charge in [-0.25, -0.2) is 9.59 Å². The molecule has 0 radical (unpaired) electrons. The number of hydrogen-bond donors (Lipinski definition) is 5. The van der Waals surface area contributed by atoms with E-state index in [0.717, 1.165) is 13.1 Å². The Hall–Kier alpha value is -7.19. The van der Waals surface area contributed by atoms with Gasteiger partial charge in [0.15, 0.2) is 36.8 Å². The van der Waals surface area contributed by atoms with E-state index in [2.05, 4.69) is 79.3 Å². The summed E-state index contributed by atoms with van der Waals surface area (Å²) in [7, 11) is 4.29. The van der Waals surface area contributed by atoms with Gasteiger partial charge >= 0.3 is 35.8 Å². The number of nitrogens with zero attached hydrogens (tertiary/aromatic N) is 6. The first-order valence-electron chi connectivity index (χ1n) is 21.0. The lowest BCUT2D eigenvalue weighted by Gasteiger charge is -2.42. The Labute approximate surface area is 405 Å². The van der Waals surface area contributed by atoms with Gasteiger partial charge in [-0.3, -0.25) is 59.6 Å². The van der Waals surface area contributed by atoms with Crippen LogP contribution in [0, 0.1) is 46.4 Å². The third-order valence-electron chi connectivity index (χ3n) is 9.32. The van der Waals surface area contributed by atoms with Gasteiger partial charge in [-0.1, -0.05) is 43.0 Å². The number of esters is 4. The first kappa shape index (κ1) is 59.9. The van der Waals surface area contributed by atoms with Crippen LogP contribution in [-0.2, 0) is 52.5 Å². The van der Waals surface area contributed by atoms with Gasteiger partial charge in [0.2, 0.25) is 26.2 Å². The summed E-state index contributed by atoms with van der Waals surface area (Å²) >= 11 is 1.88. The average Bonchev–Trinajstić information content (AvgIpc) is 3.29. The molecule has 2 aliphatic rings. The predicted molar refractivity (Wildman–Crippen MR) is 236 cm³/mol. The smallest absolute Gasteiger partial charge is 0.335 e. The van der Waals surface area contributed by atoms with Crippen molar-refractivity contribution in [1.82, 2.24) is 4.90 Å². The molecule has 0 aromatic heterocycles. The second kappa shape index (κ2) is 29.8. The Bertz CT molecular complexity index is 2140. The van der Waals surface area contributed by atoms with Gasteiger partial charge in [0.1, 0.15) is 38.4 Å². The van der Waals surface area contributed by atoms with Crippen molar-refractivity contribution in [1.29, 1.82) is 0 Å². The topological polar surface area (TPSA) is 429 Å². The van der Waals surface area contributed by atoms with Gasteiger partial charge in [0.05, 0.1) is 11.4 Å². The molecule has 5 N–H and O–H groups in total. The number of benzene rings is 2. The molecule has 2 aromatic rings. The fraction of sp³-hybridized carbons (Fsp3) is 0.550. The lowest BCUT2D eigenvalue weighted by Crippen LogP contribution is -2.62. The monoisotopic (exact) mass is 1030 g/mol. The van der Waals surface area contributed by atoms with Crippen LogP contribution in [0.2, 0.25) is 0 Å². The standard InChI is InChI=1S/C18H24N4O18.C18H22N2S.C4H6O6/c23-11(1-5-19(28)29)36-9-10-15(38-12(24)2-6-20(30)31)16(39-13(25)3-7-21(32)33)17(18(27)37-10)40-14(26)4-8-22(34)35;1-14(12-19(2)3)13-20-15-8-4-6-10-17(15)21-18-11-7-5-9-16(18)20;5-1(3(7)8)2(6)4(9)10/h10,15-18,27H,1-9H2;4-11,14H,12-13H2,1-3H3;1-2,5-6H,(H,7,8)(H,9,10). The number of anilines is 2. The maximum Gasteiger partial charge on any atom is 0.335 e. The molecule has 8 unspecified atom stereocenters. The molecular weight excluding hydrogens is 981 g/mol. The molecule has 2 heterocycles. The van der Waals surface area contributed by atoms with Crippen molar-refractivity contribution in [3.05, 3.63) is 89.0 Å². The number of rotatable bonds is 24. The summed E-state index contributed by atoms with van der Waals surface area (Å²) in [4.78, 5) is 114. The molecule has 71 heavy (non-hydrogen) atoms. The van der Waals surface area contributed by atoms with E-state index in [1.54, 1.807) is 0 Å². The fourth-order valence-corrected chi connectivity index (χ4v) is 7.38. The van der Waals surface area contributed by atoms with Gasteiger partial charge in [-0.2, -0.15) is 0 Å². The van der Waals surface area contributed by atoms with Crippen LogP contribution in [0.3, 0.4) is 0 Å². The van der Waals surface area contributed by atoms with E-state index in [-0.39, 0.29) is 0 Å². The van der Waals surface area contributed by atoms with Crippen LogP contribution >= 0.6 is 11.8 Å². The normalized spacial score (nSPS) is 18.9. The summed E-state index contributed by atoms with van der Waals surface area (Å²) in [6.45, 7) is 0.0211. The number of hydrogen-bond acceptors (Lipinski definition) is 25. The fourth-order valence-electron chi connectivity index (χ4n) is 6.28.